The summed E-state index contributed by atoms with van der Waals surface area (Å²) in [6.07, 6.45) is 2.52. The minimum atomic E-state index is -1.01. The highest BCUT2D eigenvalue weighted by atomic mass is 79.9. The van der Waals surface area contributed by atoms with Gasteiger partial charge in [0.25, 0.3) is 0 Å². The summed E-state index contributed by atoms with van der Waals surface area (Å²) in [6, 6.07) is 10.9. The van der Waals surface area contributed by atoms with Gasteiger partial charge in [-0.25, -0.2) is 9.18 Å². The number of rotatable bonds is 4. The molecule has 0 atom stereocenters. The van der Waals surface area contributed by atoms with Gasteiger partial charge in [0.05, 0.1) is 4.47 Å². The van der Waals surface area contributed by atoms with Gasteiger partial charge in [-0.3, -0.25) is 0 Å². The Labute approximate surface area is 123 Å². The first kappa shape index (κ1) is 14.3. The molecule has 2 rings (SSSR count). The summed E-state index contributed by atoms with van der Waals surface area (Å²) in [5.74, 6) is -0.483. The van der Waals surface area contributed by atoms with E-state index >= 15 is 0 Å². The van der Waals surface area contributed by atoms with E-state index in [-0.39, 0.29) is 5.82 Å². The lowest BCUT2D eigenvalue weighted by atomic mass is 10.2. The van der Waals surface area contributed by atoms with Gasteiger partial charge < -0.3 is 9.84 Å². The van der Waals surface area contributed by atoms with E-state index < -0.39 is 5.97 Å². The molecule has 0 unspecified atom stereocenters. The normalized spacial score (nSPS) is 10.7. The zero-order valence-electron chi connectivity index (χ0n) is 10.2. The van der Waals surface area contributed by atoms with Crippen molar-refractivity contribution in [3.8, 4) is 11.5 Å². The van der Waals surface area contributed by atoms with Crippen LogP contribution in [0.5, 0.6) is 11.5 Å². The van der Waals surface area contributed by atoms with Crippen LogP contribution in [0.2, 0.25) is 0 Å². The molecular weight excluding hydrogens is 327 g/mol. The Morgan fingerprint density at radius 1 is 1.25 bits per heavy atom. The van der Waals surface area contributed by atoms with E-state index in [4.69, 9.17) is 9.84 Å². The third kappa shape index (κ3) is 3.93. The summed E-state index contributed by atoms with van der Waals surface area (Å²) in [7, 11) is 0. The lowest BCUT2D eigenvalue weighted by Crippen LogP contribution is -1.88. The maximum atomic E-state index is 13.1. The van der Waals surface area contributed by atoms with Gasteiger partial charge >= 0.3 is 5.97 Å². The summed E-state index contributed by atoms with van der Waals surface area (Å²) < 4.78 is 19.2. The van der Waals surface area contributed by atoms with Gasteiger partial charge in [0.15, 0.2) is 0 Å². The monoisotopic (exact) mass is 336 g/mol. The van der Waals surface area contributed by atoms with Crippen molar-refractivity contribution in [1.82, 2.24) is 0 Å². The van der Waals surface area contributed by atoms with Crippen molar-refractivity contribution in [2.45, 2.75) is 0 Å². The summed E-state index contributed by atoms with van der Waals surface area (Å²) in [4.78, 5) is 10.4. The fourth-order valence-electron chi connectivity index (χ4n) is 1.53. The number of hydrogen-bond acceptors (Lipinski definition) is 2. The highest BCUT2D eigenvalue weighted by Crippen LogP contribution is 2.31. The molecule has 20 heavy (non-hydrogen) atoms. The summed E-state index contributed by atoms with van der Waals surface area (Å²) in [5, 5.41) is 8.56. The zero-order chi connectivity index (χ0) is 14.5. The van der Waals surface area contributed by atoms with Crippen LogP contribution in [0.4, 0.5) is 4.39 Å². The number of benzene rings is 2. The lowest BCUT2D eigenvalue weighted by Gasteiger charge is -2.08. The second-order valence-electron chi connectivity index (χ2n) is 3.92. The molecule has 0 amide bonds. The minimum absolute atomic E-state index is 0.375. The molecule has 0 saturated heterocycles. The SMILES string of the molecule is O=C(O)/C=C/c1ccc(Oc2cccc(F)c2)c(Br)c1. The van der Waals surface area contributed by atoms with Crippen molar-refractivity contribution in [2.24, 2.45) is 0 Å². The van der Waals surface area contributed by atoms with Crippen molar-refractivity contribution in [3.63, 3.8) is 0 Å². The first-order valence-electron chi connectivity index (χ1n) is 5.68. The molecule has 0 saturated carbocycles. The van der Waals surface area contributed by atoms with Crippen LogP contribution in [0.1, 0.15) is 5.56 Å². The van der Waals surface area contributed by atoms with Gasteiger partial charge in [0.1, 0.15) is 17.3 Å². The van der Waals surface area contributed by atoms with Gasteiger partial charge in [0, 0.05) is 12.1 Å². The Morgan fingerprint density at radius 2 is 2.05 bits per heavy atom. The lowest BCUT2D eigenvalue weighted by molar-refractivity contribution is -0.131. The average molecular weight is 337 g/mol. The Morgan fingerprint density at radius 3 is 2.70 bits per heavy atom. The van der Waals surface area contributed by atoms with Crippen molar-refractivity contribution < 1.29 is 19.0 Å². The molecule has 0 spiro atoms. The third-order valence-corrected chi connectivity index (χ3v) is 3.02. The van der Waals surface area contributed by atoms with Crippen molar-refractivity contribution in [3.05, 3.63) is 64.4 Å². The predicted octanol–water partition coefficient (Wildman–Crippen LogP) is 4.48. The van der Waals surface area contributed by atoms with E-state index in [9.17, 15) is 9.18 Å². The number of aliphatic carboxylic acids is 1. The quantitative estimate of drug-likeness (QED) is 0.837. The average Bonchev–Trinajstić information content (AvgIpc) is 2.39. The van der Waals surface area contributed by atoms with E-state index in [1.54, 1.807) is 30.3 Å². The molecule has 0 bridgehead atoms. The van der Waals surface area contributed by atoms with Crippen molar-refractivity contribution in [1.29, 1.82) is 0 Å². The molecule has 2 aromatic carbocycles. The van der Waals surface area contributed by atoms with E-state index in [1.807, 2.05) is 0 Å². The molecule has 1 N–H and O–H groups in total. The van der Waals surface area contributed by atoms with Crippen LogP contribution in [0.3, 0.4) is 0 Å². The number of carboxylic acid groups (broad SMARTS) is 1. The smallest absolute Gasteiger partial charge is 0.328 e. The Hall–Kier alpha value is -2.14. The number of hydrogen-bond donors (Lipinski definition) is 1. The van der Waals surface area contributed by atoms with Gasteiger partial charge in [0.2, 0.25) is 0 Å². The standard InChI is InChI=1S/C15H10BrFO3/c16-13-8-10(5-7-15(18)19)4-6-14(13)20-12-3-1-2-11(17)9-12/h1-9H,(H,18,19)/b7-5+. The van der Waals surface area contributed by atoms with E-state index in [0.29, 0.717) is 21.5 Å². The Kier molecular flexibility index (Phi) is 4.53. The van der Waals surface area contributed by atoms with E-state index in [1.165, 1.54) is 18.2 Å². The van der Waals surface area contributed by atoms with Crippen LogP contribution in [0, 0.1) is 5.82 Å². The first-order valence-corrected chi connectivity index (χ1v) is 6.48. The van der Waals surface area contributed by atoms with Crippen molar-refractivity contribution >= 4 is 28.0 Å². The second kappa shape index (κ2) is 6.34. The number of carboxylic acids is 1. The highest BCUT2D eigenvalue weighted by Gasteiger charge is 2.04. The Balaban J connectivity index is 2.20. The maximum absolute atomic E-state index is 13.1. The molecule has 0 aliphatic carbocycles. The molecule has 0 fully saturated rings. The largest absolute Gasteiger partial charge is 0.478 e. The van der Waals surface area contributed by atoms with Crippen LogP contribution in [-0.2, 0) is 4.79 Å². The summed E-state index contributed by atoms with van der Waals surface area (Å²) in [6.45, 7) is 0. The maximum Gasteiger partial charge on any atom is 0.328 e. The fourth-order valence-corrected chi connectivity index (χ4v) is 2.01. The second-order valence-corrected chi connectivity index (χ2v) is 4.78. The first-order chi connectivity index (χ1) is 9.54. The molecule has 0 aliphatic heterocycles. The van der Waals surface area contributed by atoms with Crippen LogP contribution in [0.25, 0.3) is 6.08 Å². The minimum Gasteiger partial charge on any atom is -0.478 e. The molecule has 0 radical (unpaired) electrons. The molecule has 5 heteroatoms. The highest BCUT2D eigenvalue weighted by molar-refractivity contribution is 9.10. The van der Waals surface area contributed by atoms with Gasteiger partial charge in [-0.1, -0.05) is 12.1 Å². The number of ether oxygens (including phenoxy) is 1. The number of halogens is 2. The van der Waals surface area contributed by atoms with E-state index in [2.05, 4.69) is 15.9 Å². The van der Waals surface area contributed by atoms with Crippen LogP contribution in [-0.4, -0.2) is 11.1 Å². The van der Waals surface area contributed by atoms with Crippen LogP contribution in [0.15, 0.2) is 53.0 Å². The van der Waals surface area contributed by atoms with Gasteiger partial charge in [-0.05, 0) is 51.8 Å². The molecule has 0 heterocycles. The summed E-state index contributed by atoms with van der Waals surface area (Å²) >= 11 is 3.33. The predicted molar refractivity (Wildman–Crippen MR) is 77.3 cm³/mol. The molecule has 3 nitrogen and oxygen atoms in total. The van der Waals surface area contributed by atoms with Crippen LogP contribution < -0.4 is 4.74 Å². The third-order valence-electron chi connectivity index (χ3n) is 2.40. The topological polar surface area (TPSA) is 46.5 Å². The number of carbonyl (C=O) groups is 1. The van der Waals surface area contributed by atoms with Crippen molar-refractivity contribution in [2.75, 3.05) is 0 Å². The molecule has 2 aromatic rings. The Bertz CT molecular complexity index is 668. The van der Waals surface area contributed by atoms with Crippen LogP contribution >= 0.6 is 15.9 Å². The molecule has 0 aromatic heterocycles. The summed E-state index contributed by atoms with van der Waals surface area (Å²) in [5.41, 5.74) is 0.714. The zero-order valence-corrected chi connectivity index (χ0v) is 11.8. The van der Waals surface area contributed by atoms with Gasteiger partial charge in [-0.2, -0.15) is 0 Å². The van der Waals surface area contributed by atoms with E-state index in [0.717, 1.165) is 6.08 Å². The molecule has 102 valence electrons. The molecular formula is C15H10BrFO3. The molecule has 0 aliphatic rings. The van der Waals surface area contributed by atoms with Gasteiger partial charge in [-0.15, -0.1) is 0 Å². The fraction of sp³-hybridized carbons (Fsp3) is 0.